The van der Waals surface area contributed by atoms with Gasteiger partial charge in [0.25, 0.3) is 0 Å². The molecule has 2 aromatic rings. The summed E-state index contributed by atoms with van der Waals surface area (Å²) in [6, 6.07) is 5.26. The van der Waals surface area contributed by atoms with Gasteiger partial charge in [0, 0.05) is 36.4 Å². The van der Waals surface area contributed by atoms with Gasteiger partial charge in [-0.05, 0) is 25.1 Å². The molecule has 0 bridgehead atoms. The third kappa shape index (κ3) is 3.28. The number of aromatic nitrogens is 2. The summed E-state index contributed by atoms with van der Waals surface area (Å²) in [5.41, 5.74) is 7.38. The monoisotopic (exact) mass is 274 g/mol. The van der Waals surface area contributed by atoms with E-state index in [2.05, 4.69) is 10.3 Å². The van der Waals surface area contributed by atoms with Gasteiger partial charge >= 0.3 is 5.97 Å². The normalized spacial score (nSPS) is 11.9. The molecular formula is C14H18N4O2. The summed E-state index contributed by atoms with van der Waals surface area (Å²) in [5, 5.41) is 3.29. The van der Waals surface area contributed by atoms with Crippen molar-refractivity contribution in [1.82, 2.24) is 9.55 Å². The van der Waals surface area contributed by atoms with Crippen LogP contribution in [-0.4, -0.2) is 28.7 Å². The zero-order chi connectivity index (χ0) is 14.5. The average Bonchev–Trinajstić information content (AvgIpc) is 2.92. The molecule has 6 heteroatoms. The number of nitrogens with one attached hydrogen (secondary N) is 1. The lowest BCUT2D eigenvalue weighted by Gasteiger charge is -2.18. The molecule has 1 unspecified atom stereocenters. The van der Waals surface area contributed by atoms with Crippen LogP contribution in [0.15, 0.2) is 36.9 Å². The maximum Gasteiger partial charge on any atom is 0.340 e. The zero-order valence-electron chi connectivity index (χ0n) is 11.5. The molecule has 0 aliphatic heterocycles. The molecule has 1 aromatic heterocycles. The van der Waals surface area contributed by atoms with E-state index >= 15 is 0 Å². The Morgan fingerprint density at radius 2 is 2.35 bits per heavy atom. The third-order valence-corrected chi connectivity index (χ3v) is 2.89. The van der Waals surface area contributed by atoms with E-state index in [-0.39, 0.29) is 6.04 Å². The van der Waals surface area contributed by atoms with Gasteiger partial charge in [0.2, 0.25) is 0 Å². The average molecular weight is 274 g/mol. The Labute approximate surface area is 117 Å². The van der Waals surface area contributed by atoms with Gasteiger partial charge in [-0.25, -0.2) is 9.78 Å². The summed E-state index contributed by atoms with van der Waals surface area (Å²) < 4.78 is 6.73. The fourth-order valence-corrected chi connectivity index (χ4v) is 1.99. The summed E-state index contributed by atoms with van der Waals surface area (Å²) >= 11 is 0. The molecule has 0 aliphatic carbocycles. The molecule has 20 heavy (non-hydrogen) atoms. The highest BCUT2D eigenvalue weighted by molar-refractivity contribution is 5.96. The molecule has 0 radical (unpaired) electrons. The van der Waals surface area contributed by atoms with Crippen LogP contribution >= 0.6 is 0 Å². The Balaban J connectivity index is 2.14. The van der Waals surface area contributed by atoms with E-state index in [9.17, 15) is 4.79 Å². The molecule has 0 amide bonds. The minimum Gasteiger partial charge on any atom is -0.465 e. The zero-order valence-corrected chi connectivity index (χ0v) is 11.5. The minimum absolute atomic E-state index is 0.122. The molecule has 0 spiro atoms. The van der Waals surface area contributed by atoms with Crippen molar-refractivity contribution in [2.45, 2.75) is 19.5 Å². The fraction of sp³-hybridized carbons (Fsp3) is 0.286. The number of carbonyl (C=O) groups excluding carboxylic acids is 1. The number of carbonyl (C=O) groups is 1. The van der Waals surface area contributed by atoms with Gasteiger partial charge in [-0.2, -0.15) is 0 Å². The first-order chi connectivity index (χ1) is 9.60. The van der Waals surface area contributed by atoms with E-state index < -0.39 is 5.97 Å². The van der Waals surface area contributed by atoms with E-state index in [1.165, 1.54) is 7.11 Å². The van der Waals surface area contributed by atoms with Crippen LogP contribution < -0.4 is 11.1 Å². The van der Waals surface area contributed by atoms with Crippen LogP contribution in [0.2, 0.25) is 0 Å². The first-order valence-electron chi connectivity index (χ1n) is 6.30. The second-order valence-corrected chi connectivity index (χ2v) is 4.60. The summed E-state index contributed by atoms with van der Waals surface area (Å²) in [6.07, 6.45) is 5.38. The number of benzene rings is 1. The van der Waals surface area contributed by atoms with Crippen molar-refractivity contribution in [1.29, 1.82) is 0 Å². The van der Waals surface area contributed by atoms with Gasteiger partial charge in [-0.1, -0.05) is 0 Å². The van der Waals surface area contributed by atoms with Crippen molar-refractivity contribution in [3.8, 4) is 0 Å². The number of nitrogen functional groups attached to an aromatic ring is 1. The summed E-state index contributed by atoms with van der Waals surface area (Å²) in [7, 11) is 1.35. The summed E-state index contributed by atoms with van der Waals surface area (Å²) in [5.74, 6) is -0.408. The maximum absolute atomic E-state index is 11.8. The van der Waals surface area contributed by atoms with Crippen molar-refractivity contribution in [2.24, 2.45) is 0 Å². The van der Waals surface area contributed by atoms with Crippen molar-refractivity contribution >= 4 is 17.3 Å². The smallest absolute Gasteiger partial charge is 0.340 e. The maximum atomic E-state index is 11.8. The molecular weight excluding hydrogens is 256 g/mol. The number of nitrogens with two attached hydrogens (primary N) is 1. The number of nitrogens with zero attached hydrogens (tertiary/aromatic N) is 2. The molecule has 1 atom stereocenters. The molecule has 3 N–H and O–H groups in total. The molecule has 1 heterocycles. The lowest BCUT2D eigenvalue weighted by atomic mass is 10.1. The highest BCUT2D eigenvalue weighted by Crippen LogP contribution is 2.21. The largest absolute Gasteiger partial charge is 0.465 e. The number of anilines is 2. The topological polar surface area (TPSA) is 82.2 Å². The molecule has 6 nitrogen and oxygen atoms in total. The van der Waals surface area contributed by atoms with E-state index in [4.69, 9.17) is 10.5 Å². The number of methoxy groups -OCH3 is 1. The van der Waals surface area contributed by atoms with Gasteiger partial charge in [-0.15, -0.1) is 0 Å². The number of imidazole rings is 1. The Bertz CT molecular complexity index is 581. The van der Waals surface area contributed by atoms with Gasteiger partial charge in [0.15, 0.2) is 0 Å². The highest BCUT2D eigenvalue weighted by Gasteiger charge is 2.14. The molecule has 2 rings (SSSR count). The summed E-state index contributed by atoms with van der Waals surface area (Å²) in [6.45, 7) is 2.77. The fourth-order valence-electron chi connectivity index (χ4n) is 1.99. The number of hydrogen-bond donors (Lipinski definition) is 2. The molecule has 0 aliphatic rings. The van der Waals surface area contributed by atoms with Crippen LogP contribution in [0, 0.1) is 0 Å². The Kier molecular flexibility index (Phi) is 4.24. The molecule has 0 saturated heterocycles. The van der Waals surface area contributed by atoms with Gasteiger partial charge < -0.3 is 20.4 Å². The first kappa shape index (κ1) is 13.9. The predicted octanol–water partition coefficient (Wildman–Crippen LogP) is 1.75. The van der Waals surface area contributed by atoms with Crippen LogP contribution in [0.3, 0.4) is 0 Å². The lowest BCUT2D eigenvalue weighted by Crippen LogP contribution is -2.23. The number of esters is 1. The lowest BCUT2D eigenvalue weighted by molar-refractivity contribution is 0.0602. The second-order valence-electron chi connectivity index (χ2n) is 4.60. The third-order valence-electron chi connectivity index (χ3n) is 2.89. The predicted molar refractivity (Wildman–Crippen MR) is 77.5 cm³/mol. The van der Waals surface area contributed by atoms with Crippen molar-refractivity contribution in [3.05, 3.63) is 42.5 Å². The van der Waals surface area contributed by atoms with Crippen molar-refractivity contribution in [2.75, 3.05) is 18.2 Å². The molecule has 0 fully saturated rings. The molecule has 0 saturated carbocycles. The van der Waals surface area contributed by atoms with Crippen molar-refractivity contribution < 1.29 is 9.53 Å². The van der Waals surface area contributed by atoms with Crippen LogP contribution in [0.1, 0.15) is 17.3 Å². The van der Waals surface area contributed by atoms with Crippen LogP contribution in [0.5, 0.6) is 0 Å². The van der Waals surface area contributed by atoms with Gasteiger partial charge in [0.1, 0.15) is 0 Å². The quantitative estimate of drug-likeness (QED) is 0.641. The van der Waals surface area contributed by atoms with Crippen molar-refractivity contribution in [3.63, 3.8) is 0 Å². The summed E-state index contributed by atoms with van der Waals surface area (Å²) in [4.78, 5) is 15.7. The molecule has 106 valence electrons. The Morgan fingerprint density at radius 3 is 3.00 bits per heavy atom. The van der Waals surface area contributed by atoms with Crippen LogP contribution in [-0.2, 0) is 11.3 Å². The number of ether oxygens (including phenoxy) is 1. The Hall–Kier alpha value is -2.50. The molecule has 1 aromatic carbocycles. The second kappa shape index (κ2) is 6.10. The van der Waals surface area contributed by atoms with E-state index in [1.54, 1.807) is 30.7 Å². The van der Waals surface area contributed by atoms with E-state index in [1.807, 2.05) is 17.7 Å². The van der Waals surface area contributed by atoms with Crippen LogP contribution in [0.25, 0.3) is 0 Å². The Morgan fingerprint density at radius 1 is 1.55 bits per heavy atom. The van der Waals surface area contributed by atoms with Gasteiger partial charge in [-0.3, -0.25) is 0 Å². The highest BCUT2D eigenvalue weighted by atomic mass is 16.5. The van der Waals surface area contributed by atoms with Crippen LogP contribution in [0.4, 0.5) is 11.4 Å². The van der Waals surface area contributed by atoms with E-state index in [0.29, 0.717) is 16.9 Å². The van der Waals surface area contributed by atoms with E-state index in [0.717, 1.165) is 6.54 Å². The standard InChI is InChI=1S/C14H18N4O2/c1-10(8-18-6-5-16-9-18)17-13-4-3-11(15)7-12(13)14(19)20-2/h3-7,9-10,17H,8,15H2,1-2H3. The number of hydrogen-bond acceptors (Lipinski definition) is 5. The number of rotatable bonds is 5. The SMILES string of the molecule is COC(=O)c1cc(N)ccc1NC(C)Cn1ccnc1. The van der Waals surface area contributed by atoms with Gasteiger partial charge in [0.05, 0.1) is 19.0 Å². The minimum atomic E-state index is -0.408. The first-order valence-corrected chi connectivity index (χ1v) is 6.30.